The van der Waals surface area contributed by atoms with Gasteiger partial charge in [0.2, 0.25) is 0 Å². The molecule has 1 aliphatic carbocycles. The number of nitrogens with zero attached hydrogens (tertiary/aromatic N) is 1. The van der Waals surface area contributed by atoms with Gasteiger partial charge in [0.1, 0.15) is 6.04 Å². The fourth-order valence-electron chi connectivity index (χ4n) is 2.89. The fourth-order valence-corrected chi connectivity index (χ4v) is 2.89. The monoisotopic (exact) mass is 242 g/mol. The SMILES string of the molecule is Cc1ccccc1C(C#N)NC1CCCCC1C. The zero-order valence-electron chi connectivity index (χ0n) is 11.3. The van der Waals surface area contributed by atoms with Crippen LogP contribution in [0.1, 0.15) is 49.8 Å². The summed E-state index contributed by atoms with van der Waals surface area (Å²) in [7, 11) is 0. The molecule has 1 N–H and O–H groups in total. The first-order valence-corrected chi connectivity index (χ1v) is 6.93. The van der Waals surface area contributed by atoms with Crippen molar-refractivity contribution < 1.29 is 0 Å². The van der Waals surface area contributed by atoms with Crippen molar-refractivity contribution >= 4 is 0 Å². The Kier molecular flexibility index (Phi) is 4.38. The smallest absolute Gasteiger partial charge is 0.121 e. The lowest BCUT2D eigenvalue weighted by atomic mass is 9.85. The summed E-state index contributed by atoms with van der Waals surface area (Å²) in [5.74, 6) is 0.679. The van der Waals surface area contributed by atoms with Gasteiger partial charge < -0.3 is 0 Å². The van der Waals surface area contributed by atoms with Gasteiger partial charge in [0.25, 0.3) is 0 Å². The van der Waals surface area contributed by atoms with Gasteiger partial charge in [0.05, 0.1) is 6.07 Å². The van der Waals surface area contributed by atoms with E-state index in [1.54, 1.807) is 0 Å². The first kappa shape index (κ1) is 13.1. The summed E-state index contributed by atoms with van der Waals surface area (Å²) >= 11 is 0. The van der Waals surface area contributed by atoms with Crippen molar-refractivity contribution in [1.82, 2.24) is 5.32 Å². The van der Waals surface area contributed by atoms with E-state index in [1.165, 1.54) is 31.2 Å². The minimum Gasteiger partial charge on any atom is -0.295 e. The largest absolute Gasteiger partial charge is 0.295 e. The average Bonchev–Trinajstić information content (AvgIpc) is 2.39. The van der Waals surface area contributed by atoms with E-state index < -0.39 is 0 Å². The lowest BCUT2D eigenvalue weighted by Crippen LogP contribution is -2.39. The van der Waals surface area contributed by atoms with Crippen LogP contribution in [0.25, 0.3) is 0 Å². The van der Waals surface area contributed by atoms with E-state index in [0.29, 0.717) is 12.0 Å². The van der Waals surface area contributed by atoms with Gasteiger partial charge in [-0.3, -0.25) is 5.32 Å². The van der Waals surface area contributed by atoms with Crippen LogP contribution in [0.3, 0.4) is 0 Å². The Morgan fingerprint density at radius 1 is 1.28 bits per heavy atom. The predicted octanol–water partition coefficient (Wildman–Crippen LogP) is 3.73. The highest BCUT2D eigenvalue weighted by molar-refractivity contribution is 5.32. The number of rotatable bonds is 3. The fraction of sp³-hybridized carbons (Fsp3) is 0.562. The molecule has 0 spiro atoms. The first-order valence-electron chi connectivity index (χ1n) is 6.93. The quantitative estimate of drug-likeness (QED) is 0.876. The van der Waals surface area contributed by atoms with Gasteiger partial charge in [-0.25, -0.2) is 0 Å². The van der Waals surface area contributed by atoms with E-state index in [-0.39, 0.29) is 6.04 Å². The number of hydrogen-bond donors (Lipinski definition) is 1. The van der Waals surface area contributed by atoms with Crippen molar-refractivity contribution in [3.05, 3.63) is 35.4 Å². The molecule has 2 heteroatoms. The Hall–Kier alpha value is -1.33. The van der Waals surface area contributed by atoms with Crippen molar-refractivity contribution in [2.45, 2.75) is 51.6 Å². The first-order chi connectivity index (χ1) is 8.72. The molecular formula is C16H22N2. The highest BCUT2D eigenvalue weighted by atomic mass is 15.0. The van der Waals surface area contributed by atoms with E-state index in [9.17, 15) is 5.26 Å². The summed E-state index contributed by atoms with van der Waals surface area (Å²) in [5.41, 5.74) is 2.32. The third kappa shape index (κ3) is 2.91. The van der Waals surface area contributed by atoms with Gasteiger partial charge in [-0.05, 0) is 36.8 Å². The van der Waals surface area contributed by atoms with Gasteiger partial charge in [0, 0.05) is 6.04 Å². The van der Waals surface area contributed by atoms with Crippen molar-refractivity contribution in [2.75, 3.05) is 0 Å². The van der Waals surface area contributed by atoms with Gasteiger partial charge in [0.15, 0.2) is 0 Å². The maximum Gasteiger partial charge on any atom is 0.121 e. The van der Waals surface area contributed by atoms with Gasteiger partial charge in [-0.15, -0.1) is 0 Å². The molecule has 1 aromatic rings. The van der Waals surface area contributed by atoms with E-state index in [2.05, 4.69) is 37.4 Å². The minimum atomic E-state index is -0.170. The topological polar surface area (TPSA) is 35.8 Å². The van der Waals surface area contributed by atoms with Crippen molar-refractivity contribution in [3.8, 4) is 6.07 Å². The second-order valence-electron chi connectivity index (χ2n) is 5.45. The zero-order chi connectivity index (χ0) is 13.0. The highest BCUT2D eigenvalue weighted by Crippen LogP contribution is 2.27. The molecule has 3 unspecified atom stereocenters. The molecule has 0 heterocycles. The predicted molar refractivity (Wildman–Crippen MR) is 74.1 cm³/mol. The summed E-state index contributed by atoms with van der Waals surface area (Å²) in [6.45, 7) is 4.37. The van der Waals surface area contributed by atoms with Crippen LogP contribution in [0.2, 0.25) is 0 Å². The molecule has 96 valence electrons. The summed E-state index contributed by atoms with van der Waals surface area (Å²) in [6, 6.07) is 10.9. The van der Waals surface area contributed by atoms with Gasteiger partial charge in [-0.1, -0.05) is 44.0 Å². The summed E-state index contributed by atoms with van der Waals surface area (Å²) in [4.78, 5) is 0. The average molecular weight is 242 g/mol. The van der Waals surface area contributed by atoms with Crippen LogP contribution in [0.15, 0.2) is 24.3 Å². The molecule has 0 saturated heterocycles. The maximum atomic E-state index is 9.41. The molecule has 2 rings (SSSR count). The van der Waals surface area contributed by atoms with Crippen LogP contribution in [0.4, 0.5) is 0 Å². The molecule has 0 aromatic heterocycles. The van der Waals surface area contributed by atoms with Crippen molar-refractivity contribution in [2.24, 2.45) is 5.92 Å². The summed E-state index contributed by atoms with van der Waals surface area (Å²) in [6.07, 6.45) is 5.10. The van der Waals surface area contributed by atoms with Crippen LogP contribution in [-0.2, 0) is 0 Å². The molecule has 3 atom stereocenters. The lowest BCUT2D eigenvalue weighted by molar-refractivity contribution is 0.271. The van der Waals surface area contributed by atoms with E-state index >= 15 is 0 Å². The standard InChI is InChI=1S/C16H22N2/c1-12-7-3-5-9-14(12)16(11-17)18-15-10-6-4-8-13(15)2/h3,5,7,9,13,15-16,18H,4,6,8,10H2,1-2H3. The van der Waals surface area contributed by atoms with E-state index in [0.717, 1.165) is 5.56 Å². The lowest BCUT2D eigenvalue weighted by Gasteiger charge is -2.31. The third-order valence-corrected chi connectivity index (χ3v) is 4.12. The highest BCUT2D eigenvalue weighted by Gasteiger charge is 2.24. The maximum absolute atomic E-state index is 9.41. The molecule has 2 nitrogen and oxygen atoms in total. The number of nitriles is 1. The molecule has 18 heavy (non-hydrogen) atoms. The normalized spacial score (nSPS) is 25.4. The molecule has 0 aliphatic heterocycles. The number of hydrogen-bond acceptors (Lipinski definition) is 2. The van der Waals surface area contributed by atoms with E-state index in [4.69, 9.17) is 0 Å². The minimum absolute atomic E-state index is 0.170. The molecule has 1 aromatic carbocycles. The van der Waals surface area contributed by atoms with Gasteiger partial charge >= 0.3 is 0 Å². The molecule has 1 fully saturated rings. The molecule has 0 radical (unpaired) electrons. The Balaban J connectivity index is 2.10. The Morgan fingerprint density at radius 3 is 2.67 bits per heavy atom. The molecule has 1 saturated carbocycles. The summed E-state index contributed by atoms with van der Waals surface area (Å²) < 4.78 is 0. The third-order valence-electron chi connectivity index (χ3n) is 4.12. The van der Waals surface area contributed by atoms with Crippen LogP contribution in [0, 0.1) is 24.2 Å². The van der Waals surface area contributed by atoms with Crippen LogP contribution in [-0.4, -0.2) is 6.04 Å². The Labute approximate surface area is 110 Å². The second-order valence-corrected chi connectivity index (χ2v) is 5.45. The molecule has 0 bridgehead atoms. The molecule has 0 amide bonds. The van der Waals surface area contributed by atoms with Crippen molar-refractivity contribution in [3.63, 3.8) is 0 Å². The second kappa shape index (κ2) is 6.02. The Morgan fingerprint density at radius 2 is 2.00 bits per heavy atom. The Bertz CT molecular complexity index is 433. The van der Waals surface area contributed by atoms with Crippen LogP contribution < -0.4 is 5.32 Å². The molecule has 1 aliphatic rings. The number of aryl methyl sites for hydroxylation is 1. The summed E-state index contributed by atoms with van der Waals surface area (Å²) in [5, 5.41) is 13.0. The molecular weight excluding hydrogens is 220 g/mol. The number of benzene rings is 1. The van der Waals surface area contributed by atoms with Crippen molar-refractivity contribution in [1.29, 1.82) is 5.26 Å². The van der Waals surface area contributed by atoms with Gasteiger partial charge in [-0.2, -0.15) is 5.26 Å². The van der Waals surface area contributed by atoms with Crippen LogP contribution >= 0.6 is 0 Å². The number of nitrogens with one attached hydrogen (secondary N) is 1. The zero-order valence-corrected chi connectivity index (χ0v) is 11.3. The van der Waals surface area contributed by atoms with E-state index in [1.807, 2.05) is 12.1 Å². The van der Waals surface area contributed by atoms with Crippen LogP contribution in [0.5, 0.6) is 0 Å².